The molecule has 0 aromatic heterocycles. The van der Waals surface area contributed by atoms with Crippen LogP contribution in [0, 0.1) is 0 Å². The average Bonchev–Trinajstić information content (AvgIpc) is 3.01. The second kappa shape index (κ2) is 13.2. The number of rotatable bonds is 7. The lowest BCUT2D eigenvalue weighted by molar-refractivity contribution is -0.384. The van der Waals surface area contributed by atoms with E-state index >= 15 is 0 Å². The molecule has 15 nitrogen and oxygen atoms in total. The average molecular weight is 623 g/mol. The van der Waals surface area contributed by atoms with Crippen LogP contribution in [0.4, 0.5) is 0 Å². The van der Waals surface area contributed by atoms with Gasteiger partial charge in [-0.3, -0.25) is 0 Å². The molecular weight excluding hydrogens is 588 g/mol. The van der Waals surface area contributed by atoms with E-state index in [1.807, 2.05) is 0 Å². The molecule has 3 fully saturated rings. The van der Waals surface area contributed by atoms with Crippen molar-refractivity contribution in [3.05, 3.63) is 53.6 Å². The van der Waals surface area contributed by atoms with Crippen molar-refractivity contribution in [2.24, 2.45) is 0 Å². The number of aliphatic hydroxyl groups excluding tert-OH is 4. The van der Waals surface area contributed by atoms with Crippen molar-refractivity contribution < 1.29 is 74.1 Å². The lowest BCUT2D eigenvalue weighted by atomic mass is 9.95. The minimum atomic E-state index is -1.73. The van der Waals surface area contributed by atoms with Gasteiger partial charge in [0, 0.05) is 6.08 Å². The van der Waals surface area contributed by atoms with Crippen LogP contribution in [-0.4, -0.2) is 121 Å². The van der Waals surface area contributed by atoms with Gasteiger partial charge in [-0.2, -0.15) is 0 Å². The topological polar surface area (TPSA) is 234 Å². The smallest absolute Gasteiger partial charge is 0.331 e. The first kappa shape index (κ1) is 31.9. The maximum Gasteiger partial charge on any atom is 0.331 e. The van der Waals surface area contributed by atoms with E-state index in [1.165, 1.54) is 49.4 Å². The van der Waals surface area contributed by atoms with Crippen molar-refractivity contribution in [2.75, 3.05) is 13.2 Å². The normalized spacial score (nSPS) is 35.7. The van der Waals surface area contributed by atoms with Crippen LogP contribution >= 0.6 is 0 Å². The number of esters is 1. The molecule has 0 unspecified atom stereocenters. The van der Waals surface area contributed by atoms with Crippen molar-refractivity contribution in [1.29, 1.82) is 0 Å². The first-order valence-electron chi connectivity index (χ1n) is 13.8. The molecule has 8 N–H and O–H groups in total. The summed E-state index contributed by atoms with van der Waals surface area (Å²) >= 11 is 0. The SMILES string of the molecule is C[C@@H]1O[C@@H](O[C@@H]2[C@@H]3O[C@@H](c4ccc(O)c(O)c4)CO[C@@H]3O[C@H](CO)[C@H]2OC(=O)/C=C/c2ccc(O)c(O)c2)[C@H](O)[C@H](O)[C@H]1O. The van der Waals surface area contributed by atoms with Gasteiger partial charge in [0.15, 0.2) is 41.7 Å². The highest BCUT2D eigenvalue weighted by Gasteiger charge is 2.55. The number of hydrogen-bond donors (Lipinski definition) is 8. The lowest BCUT2D eigenvalue weighted by Crippen LogP contribution is -2.66. The minimum Gasteiger partial charge on any atom is -0.504 e. The molecule has 3 heterocycles. The molecule has 3 saturated heterocycles. The van der Waals surface area contributed by atoms with Gasteiger partial charge in [-0.05, 0) is 48.4 Å². The third kappa shape index (κ3) is 6.61. The van der Waals surface area contributed by atoms with Crippen molar-refractivity contribution >= 4 is 12.0 Å². The molecule has 3 aliphatic rings. The molecule has 0 saturated carbocycles. The quantitative estimate of drug-likeness (QED) is 0.111. The molecule has 0 spiro atoms. The number of fused-ring (bicyclic) bond motifs is 1. The Bertz CT molecular complexity index is 1350. The number of ether oxygens (including phenoxy) is 6. The van der Waals surface area contributed by atoms with E-state index in [-0.39, 0.29) is 18.1 Å². The van der Waals surface area contributed by atoms with E-state index in [4.69, 9.17) is 28.4 Å². The molecular formula is C29H34O15. The summed E-state index contributed by atoms with van der Waals surface area (Å²) in [5.74, 6) is -2.43. The maximum atomic E-state index is 13.0. The molecule has 15 heteroatoms. The highest BCUT2D eigenvalue weighted by atomic mass is 16.8. The van der Waals surface area contributed by atoms with Gasteiger partial charge in [0.1, 0.15) is 42.7 Å². The Kier molecular flexibility index (Phi) is 9.59. The first-order valence-corrected chi connectivity index (χ1v) is 13.8. The number of benzene rings is 2. The van der Waals surface area contributed by atoms with Gasteiger partial charge < -0.3 is 69.3 Å². The molecule has 2 aromatic rings. The summed E-state index contributed by atoms with van der Waals surface area (Å²) in [6, 6.07) is 7.92. The van der Waals surface area contributed by atoms with Crippen molar-refractivity contribution in [3.63, 3.8) is 0 Å². The molecule has 0 aliphatic carbocycles. The summed E-state index contributed by atoms with van der Waals surface area (Å²) in [6.07, 6.45) is -12.2. The van der Waals surface area contributed by atoms with Crippen LogP contribution in [0.15, 0.2) is 42.5 Å². The largest absolute Gasteiger partial charge is 0.504 e. The van der Waals surface area contributed by atoms with Gasteiger partial charge in [-0.25, -0.2) is 4.79 Å². The minimum absolute atomic E-state index is 0.0760. The molecule has 0 bridgehead atoms. The number of hydrogen-bond acceptors (Lipinski definition) is 15. The summed E-state index contributed by atoms with van der Waals surface area (Å²) in [4.78, 5) is 13.0. The zero-order valence-corrected chi connectivity index (χ0v) is 23.3. The summed E-state index contributed by atoms with van der Waals surface area (Å²) < 4.78 is 35.3. The number of aliphatic hydroxyl groups is 4. The fraction of sp³-hybridized carbons (Fsp3) is 0.483. The van der Waals surface area contributed by atoms with Crippen LogP contribution in [0.3, 0.4) is 0 Å². The number of phenols is 4. The van der Waals surface area contributed by atoms with Crippen molar-refractivity contribution in [2.45, 2.75) is 74.4 Å². The summed E-state index contributed by atoms with van der Waals surface area (Å²) in [5.41, 5.74) is 0.768. The van der Waals surface area contributed by atoms with Crippen LogP contribution in [0.5, 0.6) is 23.0 Å². The van der Waals surface area contributed by atoms with E-state index in [0.29, 0.717) is 11.1 Å². The molecule has 2 aromatic carbocycles. The number of carbonyl (C=O) groups excluding carboxylic acids is 1. The van der Waals surface area contributed by atoms with Crippen LogP contribution in [-0.2, 0) is 33.2 Å². The highest BCUT2D eigenvalue weighted by Crippen LogP contribution is 2.39. The van der Waals surface area contributed by atoms with Crippen LogP contribution < -0.4 is 0 Å². The van der Waals surface area contributed by atoms with E-state index in [2.05, 4.69) is 0 Å². The van der Waals surface area contributed by atoms with Gasteiger partial charge in [0.05, 0.1) is 19.3 Å². The molecule has 240 valence electrons. The van der Waals surface area contributed by atoms with Gasteiger partial charge in [0.2, 0.25) is 0 Å². The Balaban J connectivity index is 1.43. The molecule has 11 atom stereocenters. The standard InChI is InChI=1S/C29H34O15/c1-12-22(36)23(37)24(38)28(40-12)44-26-25(43-21(35)7-3-13-2-5-15(31)17(33)8-13)19(10-30)42-29-27(26)41-20(11-39-29)14-4-6-16(32)18(34)9-14/h2-9,12,19-20,22-34,36-38H,10-11H2,1H3/b7-3+/t12-,19+,20+,22-,23+,24+,25+,26-,27-,28-,29+/m0/s1. The second-order valence-electron chi connectivity index (χ2n) is 10.7. The zero-order chi connectivity index (χ0) is 31.7. The van der Waals surface area contributed by atoms with Crippen molar-refractivity contribution in [1.82, 2.24) is 0 Å². The fourth-order valence-corrected chi connectivity index (χ4v) is 5.19. The predicted molar refractivity (Wildman–Crippen MR) is 145 cm³/mol. The van der Waals surface area contributed by atoms with Crippen LogP contribution in [0.2, 0.25) is 0 Å². The maximum absolute atomic E-state index is 13.0. The van der Waals surface area contributed by atoms with E-state index in [1.54, 1.807) is 0 Å². The Morgan fingerprint density at radius 2 is 1.59 bits per heavy atom. The first-order chi connectivity index (χ1) is 21.0. The Labute approximate surface area is 250 Å². The lowest BCUT2D eigenvalue weighted by Gasteiger charge is -2.50. The van der Waals surface area contributed by atoms with Crippen LogP contribution in [0.1, 0.15) is 24.2 Å². The molecule has 44 heavy (non-hydrogen) atoms. The molecule has 0 radical (unpaired) electrons. The summed E-state index contributed by atoms with van der Waals surface area (Å²) in [7, 11) is 0. The summed E-state index contributed by atoms with van der Waals surface area (Å²) in [6.45, 7) is 0.713. The van der Waals surface area contributed by atoms with E-state index in [9.17, 15) is 45.6 Å². The summed E-state index contributed by atoms with van der Waals surface area (Å²) in [5, 5.41) is 80.3. The zero-order valence-electron chi connectivity index (χ0n) is 23.3. The van der Waals surface area contributed by atoms with Crippen molar-refractivity contribution in [3.8, 4) is 23.0 Å². The fourth-order valence-electron chi connectivity index (χ4n) is 5.19. The number of carbonyl (C=O) groups is 1. The van der Waals surface area contributed by atoms with Gasteiger partial charge in [-0.15, -0.1) is 0 Å². The van der Waals surface area contributed by atoms with E-state index in [0.717, 1.165) is 6.08 Å². The Hall–Kier alpha value is -3.51. The van der Waals surface area contributed by atoms with Gasteiger partial charge in [-0.1, -0.05) is 12.1 Å². The third-order valence-corrected chi connectivity index (χ3v) is 7.64. The monoisotopic (exact) mass is 622 g/mol. The number of phenolic OH excluding ortho intramolecular Hbond substituents is 4. The second-order valence-corrected chi connectivity index (χ2v) is 10.7. The van der Waals surface area contributed by atoms with Gasteiger partial charge >= 0.3 is 5.97 Å². The molecule has 3 aliphatic heterocycles. The predicted octanol–water partition coefficient (Wildman–Crippen LogP) is -0.479. The molecule has 5 rings (SSSR count). The Morgan fingerprint density at radius 1 is 0.886 bits per heavy atom. The van der Waals surface area contributed by atoms with Crippen LogP contribution in [0.25, 0.3) is 6.08 Å². The number of aromatic hydroxyl groups is 4. The third-order valence-electron chi connectivity index (χ3n) is 7.64. The molecule has 0 amide bonds. The van der Waals surface area contributed by atoms with E-state index < -0.39 is 91.6 Å². The highest BCUT2D eigenvalue weighted by molar-refractivity contribution is 5.87. The Morgan fingerprint density at radius 3 is 2.27 bits per heavy atom. The van der Waals surface area contributed by atoms with Gasteiger partial charge in [0.25, 0.3) is 0 Å².